The maximum atomic E-state index is 13.5. The first-order valence-corrected chi connectivity index (χ1v) is 49.5. The summed E-state index contributed by atoms with van der Waals surface area (Å²) in [5.41, 5.74) is 17.9. The maximum Gasteiger partial charge on any atom is 0.285 e. The second kappa shape index (κ2) is 40.2. The van der Waals surface area contributed by atoms with Crippen LogP contribution >= 0.6 is 7.59 Å². The lowest BCUT2D eigenvalue weighted by Crippen LogP contribution is -2.54. The number of ether oxygens (including phenoxy) is 1. The first-order chi connectivity index (χ1) is 65.9. The summed E-state index contributed by atoms with van der Waals surface area (Å²) in [6, 6.07) is 9.99. The molecule has 0 radical (unpaired) electrons. The molecule has 136 heavy (non-hydrogen) atoms. The number of amides is 2. The lowest BCUT2D eigenvalue weighted by atomic mass is 10.1. The van der Waals surface area contributed by atoms with Crippen molar-refractivity contribution in [3.05, 3.63) is 173 Å². The van der Waals surface area contributed by atoms with Gasteiger partial charge in [0.2, 0.25) is 11.8 Å². The number of rotatable bonds is 33. The summed E-state index contributed by atoms with van der Waals surface area (Å²) in [6.07, 6.45) is 56.1. The number of nitrogens with zero attached hydrogens (tertiary/aromatic N) is 34. The molecule has 5 fully saturated rings. The summed E-state index contributed by atoms with van der Waals surface area (Å²) < 4.78 is 47.6. The Hall–Kier alpha value is -12.9. The predicted octanol–water partition coefficient (Wildman–Crippen LogP) is 13.9. The molecular formula is C96H125N34O5P. The van der Waals surface area contributed by atoms with Gasteiger partial charge in [0, 0.05) is 172 Å². The predicted molar refractivity (Wildman–Crippen MR) is 518 cm³/mol. The van der Waals surface area contributed by atoms with Crippen LogP contribution in [0, 0.1) is 11.8 Å². The Balaban J connectivity index is 0.000000121. The molecule has 40 heteroatoms. The van der Waals surface area contributed by atoms with E-state index >= 15 is 0 Å². The summed E-state index contributed by atoms with van der Waals surface area (Å²) in [7, 11) is 6.46. The van der Waals surface area contributed by atoms with Crippen LogP contribution < -0.4 is 0 Å². The molecule has 20 heterocycles. The van der Waals surface area contributed by atoms with Crippen molar-refractivity contribution in [2.75, 3.05) is 94.2 Å². The second-order valence-electron chi connectivity index (χ2n) is 37.0. The van der Waals surface area contributed by atoms with Gasteiger partial charge in [-0.3, -0.25) is 56.5 Å². The van der Waals surface area contributed by atoms with Gasteiger partial charge in [-0.05, 0) is 117 Å². The Morgan fingerprint density at radius 3 is 1.03 bits per heavy atom. The molecule has 4 aliphatic heterocycles. The van der Waals surface area contributed by atoms with Crippen molar-refractivity contribution in [1.29, 1.82) is 0 Å². The van der Waals surface area contributed by atoms with Crippen LogP contribution in [-0.2, 0) is 25.4 Å². The van der Waals surface area contributed by atoms with E-state index in [4.69, 9.17) is 24.7 Å². The van der Waals surface area contributed by atoms with E-state index in [0.717, 1.165) is 203 Å². The van der Waals surface area contributed by atoms with Crippen LogP contribution in [0.25, 0.3) is 112 Å². The molecule has 1 atom stereocenters. The highest BCUT2D eigenvalue weighted by molar-refractivity contribution is 7.56. The highest BCUT2D eigenvalue weighted by Gasteiger charge is 2.45. The van der Waals surface area contributed by atoms with Gasteiger partial charge in [-0.25, -0.2) is 52.0 Å². The highest BCUT2D eigenvalue weighted by Crippen LogP contribution is 2.57. The largest absolute Gasteiger partial charge is 0.390 e. The average Bonchev–Trinajstić information content (AvgIpc) is 1.24. The maximum absolute atomic E-state index is 13.5. The number of likely N-dealkylation sites (tertiary alicyclic amines) is 3. The molecule has 0 spiro atoms. The van der Waals surface area contributed by atoms with Crippen LogP contribution in [0.2, 0.25) is 0 Å². The number of aliphatic hydroxyl groups excluding tert-OH is 1. The van der Waals surface area contributed by atoms with E-state index in [2.05, 4.69) is 146 Å². The number of aromatic nitrogens is 28. The van der Waals surface area contributed by atoms with E-state index < -0.39 is 13.7 Å². The molecule has 0 bridgehead atoms. The number of aliphatic hydroxyl groups is 1. The van der Waals surface area contributed by atoms with E-state index in [1.165, 1.54) is 0 Å². The molecule has 1 aliphatic carbocycles. The van der Waals surface area contributed by atoms with Crippen molar-refractivity contribution in [3.8, 4) is 90.1 Å². The molecule has 2 amide bonds. The zero-order valence-electron chi connectivity index (χ0n) is 80.4. The molecule has 1 saturated carbocycles. The smallest absolute Gasteiger partial charge is 0.285 e. The third-order valence-corrected chi connectivity index (χ3v) is 30.4. The van der Waals surface area contributed by atoms with Crippen molar-refractivity contribution in [3.63, 3.8) is 0 Å². The first-order valence-electron chi connectivity index (χ1n) is 47.9. The fourth-order valence-corrected chi connectivity index (χ4v) is 21.2. The van der Waals surface area contributed by atoms with Gasteiger partial charge in [-0.2, -0.15) is 61.2 Å². The number of carbonyl (C=O) groups is 2. The Kier molecular flexibility index (Phi) is 27.6. The van der Waals surface area contributed by atoms with Crippen LogP contribution in [-0.4, -0.2) is 289 Å². The zero-order chi connectivity index (χ0) is 94.9. The van der Waals surface area contributed by atoms with Gasteiger partial charge in [-0.1, -0.05) is 69.2 Å². The lowest BCUT2D eigenvalue weighted by molar-refractivity contribution is -0.140. The minimum absolute atomic E-state index is 0.0249. The Bertz CT molecular complexity index is 6610. The monoisotopic (exact) mass is 1870 g/mol. The normalized spacial score (nSPS) is 15.7. The van der Waals surface area contributed by atoms with Crippen molar-refractivity contribution < 1.29 is 24.0 Å². The minimum Gasteiger partial charge on any atom is -0.390 e. The van der Waals surface area contributed by atoms with E-state index in [0.29, 0.717) is 69.3 Å². The molecule has 0 aromatic carbocycles. The molecular weight excluding hydrogens is 1740 g/mol. The van der Waals surface area contributed by atoms with Crippen LogP contribution in [0.1, 0.15) is 176 Å². The minimum atomic E-state index is -2.72. The van der Waals surface area contributed by atoms with E-state index in [1.807, 2.05) is 234 Å². The summed E-state index contributed by atoms with van der Waals surface area (Å²) in [5, 5.41) is 65.0. The van der Waals surface area contributed by atoms with E-state index in [9.17, 15) is 19.3 Å². The molecule has 4 saturated heterocycles. The summed E-state index contributed by atoms with van der Waals surface area (Å²) >= 11 is 0. The van der Waals surface area contributed by atoms with Crippen molar-refractivity contribution in [2.24, 2.45) is 11.8 Å². The number of β-amino-alcohol motifs (C(OH)–C–C–N with tert-alkyl or cyclic N) is 1. The third kappa shape index (κ3) is 19.1. The molecule has 714 valence electrons. The highest BCUT2D eigenvalue weighted by atomic mass is 31.2. The molecule has 39 nitrogen and oxygen atoms in total. The Morgan fingerprint density at radius 2 is 0.713 bits per heavy atom. The Morgan fingerprint density at radius 1 is 0.397 bits per heavy atom. The van der Waals surface area contributed by atoms with Gasteiger partial charge in [0.25, 0.3) is 7.59 Å². The zero-order valence-corrected chi connectivity index (χ0v) is 81.3. The average molecular weight is 1870 g/mol. The van der Waals surface area contributed by atoms with Crippen LogP contribution in [0.4, 0.5) is 0 Å². The van der Waals surface area contributed by atoms with Crippen molar-refractivity contribution >= 4 is 41.5 Å². The van der Waals surface area contributed by atoms with Crippen LogP contribution in [0.5, 0.6) is 0 Å². The number of fused-ring (bicyclic) bond motifs is 4. The third-order valence-electron chi connectivity index (χ3n) is 27.2. The fourth-order valence-electron chi connectivity index (χ4n) is 18.6. The summed E-state index contributed by atoms with van der Waals surface area (Å²) in [6.45, 7) is 28.3. The number of hydrogen-bond acceptors (Lipinski definition) is 22. The molecule has 5 aliphatic rings. The van der Waals surface area contributed by atoms with Crippen LogP contribution in [0.3, 0.4) is 0 Å². The van der Waals surface area contributed by atoms with Gasteiger partial charge in [0.05, 0.1) is 228 Å². The standard InChI is InChI=1S/C24H35N10OP.C24H32N8O2.C24H28N8O.C24H30N8O/c1-7-20(8-2)32-14-19(12-27-32)24-23-9-10-25-34(23)17-22(28-24)18-11-26-33(13-18)21-15-31(16-21)36(35,29(3)4)30(5)6;1-4-19(5-2)31-11-18(9-27-31)24-23-6-7-25-32(23)16-22(28-24)17-8-26-30(10-17)13-20(33)12-29-14-21(15-29)34-3;1-3-19(4-2)30-12-18(10-27-30)23-22-7-8-25-32(22)15-21(28-23)17-9-26-31(11-17)20-13-29(14-20)24(33)16-5-6-16;1-5-19(6-2)30-12-18(10-27-30)23-22-7-8-25-32(22)15-21(28-23)17-9-26-31(11-17)20-13-29(14-20)24(33)16(3)4/h9-14,17,20-21H,7-8,15-16H2,1-6H3;6-11,16,19-21,33H,4-5,12-15H2,1-3H3;7-12,15-16,19-20H,3-6,13-14H2,1-2H3;7-12,15-16,19-20H,5-6,13-14H2,1-4H3/t;20-;;/m.0../s1. The lowest BCUT2D eigenvalue weighted by Gasteiger charge is -2.47. The molecule has 21 rings (SSSR count). The van der Waals surface area contributed by atoms with Crippen molar-refractivity contribution in [1.82, 2.24) is 165 Å². The summed E-state index contributed by atoms with van der Waals surface area (Å²) in [5.74, 6) is 0.805. The van der Waals surface area contributed by atoms with E-state index in [1.54, 1.807) is 42.8 Å². The quantitative estimate of drug-likeness (QED) is 0.0373. The van der Waals surface area contributed by atoms with E-state index in [-0.39, 0.29) is 42.0 Å². The summed E-state index contributed by atoms with van der Waals surface area (Å²) in [4.78, 5) is 50.4. The number of carbonyl (C=O) groups excluding carboxylic acids is 2. The second-order valence-corrected chi connectivity index (χ2v) is 40.2. The molecule has 1 N–H and O–H groups in total. The van der Waals surface area contributed by atoms with Crippen molar-refractivity contribution in [2.45, 2.75) is 194 Å². The SMILES string of the molecule is CCC(CC)n1cc(-c2nc(-c3cnn(C4CN(C(=O)C(C)C)C4)c3)cn3nccc23)cn1.CCC(CC)n1cc(-c2nc(-c3cnn(C4CN(C(=O)C5CC5)C4)c3)cn3nccc23)cn1.CCC(CC)n1cc(-c2nc(-c3cnn(C4CN(P(=O)(N(C)C)N(C)C)C4)c3)cn3nccc23)cn1.CCC(CC)n1cc(-c2nc(-c3cnn(C[C@@H](O)CN4CC(OC)C4)c3)cn3nccc23)cn1. The number of methoxy groups -OCH3 is 1. The topological polar surface area (TPSA) is 363 Å². The van der Waals surface area contributed by atoms with Gasteiger partial charge < -0.3 is 19.6 Å². The van der Waals surface area contributed by atoms with Gasteiger partial charge >= 0.3 is 0 Å². The number of hydrogen-bond donors (Lipinski definition) is 1. The molecule has 0 unspecified atom stereocenters. The first kappa shape index (κ1) is 93.5. The Labute approximate surface area is 790 Å². The fraction of sp³-hybridized carbons (Fsp3) is 0.479. The van der Waals surface area contributed by atoms with Gasteiger partial charge in [0.1, 0.15) is 0 Å². The van der Waals surface area contributed by atoms with Crippen LogP contribution in [0.15, 0.2) is 173 Å². The van der Waals surface area contributed by atoms with Gasteiger partial charge in [-0.15, -0.1) is 0 Å². The van der Waals surface area contributed by atoms with Gasteiger partial charge in [0.15, 0.2) is 0 Å². The molecule has 16 aromatic rings. The molecule has 16 aromatic heterocycles.